The van der Waals surface area contributed by atoms with Gasteiger partial charge in [-0.3, -0.25) is 0 Å². The molecular formula is C9H9N5. The third-order valence-corrected chi connectivity index (χ3v) is 1.85. The van der Waals surface area contributed by atoms with E-state index in [1.807, 2.05) is 11.6 Å². The highest BCUT2D eigenvalue weighted by Crippen LogP contribution is 2.15. The van der Waals surface area contributed by atoms with Gasteiger partial charge in [0.15, 0.2) is 11.5 Å². The molecule has 0 fully saturated rings. The second-order valence-corrected chi connectivity index (χ2v) is 2.81. The number of anilines is 1. The molecule has 0 amide bonds. The highest BCUT2D eigenvalue weighted by atomic mass is 15.1. The molecule has 0 bridgehead atoms. The molecular weight excluding hydrogens is 178 g/mol. The van der Waals surface area contributed by atoms with Crippen LogP contribution in [0.2, 0.25) is 0 Å². The summed E-state index contributed by atoms with van der Waals surface area (Å²) in [5, 5.41) is 2.99. The Morgan fingerprint density at radius 2 is 2.36 bits per heavy atom. The van der Waals surface area contributed by atoms with Crippen LogP contribution in [0.3, 0.4) is 0 Å². The minimum Gasteiger partial charge on any atom is -0.357 e. The average molecular weight is 187 g/mol. The van der Waals surface area contributed by atoms with Crippen LogP contribution in [0.25, 0.3) is 11.2 Å². The number of imidazole rings is 1. The predicted molar refractivity (Wildman–Crippen MR) is 53.6 cm³/mol. The fourth-order valence-electron chi connectivity index (χ4n) is 1.21. The molecule has 2 rings (SSSR count). The van der Waals surface area contributed by atoms with E-state index in [1.54, 1.807) is 6.33 Å². The Morgan fingerprint density at radius 1 is 1.50 bits per heavy atom. The first-order chi connectivity index (χ1) is 6.83. The van der Waals surface area contributed by atoms with E-state index in [4.69, 9.17) is 6.42 Å². The molecule has 0 atom stereocenters. The Bertz CT molecular complexity index is 493. The van der Waals surface area contributed by atoms with E-state index in [-0.39, 0.29) is 0 Å². The molecule has 14 heavy (non-hydrogen) atoms. The number of aromatic nitrogens is 4. The number of hydrogen-bond acceptors (Lipinski definition) is 4. The summed E-state index contributed by atoms with van der Waals surface area (Å²) >= 11 is 0. The van der Waals surface area contributed by atoms with Crippen LogP contribution < -0.4 is 5.32 Å². The lowest BCUT2D eigenvalue weighted by atomic mass is 10.5. The summed E-state index contributed by atoms with van der Waals surface area (Å²) in [5.74, 6) is 3.16. The van der Waals surface area contributed by atoms with Crippen LogP contribution in [0, 0.1) is 12.3 Å². The Labute approximate surface area is 81.2 Å². The number of nitrogens with zero attached hydrogens (tertiary/aromatic N) is 4. The molecule has 2 heterocycles. The molecule has 0 saturated carbocycles. The maximum absolute atomic E-state index is 5.14. The van der Waals surface area contributed by atoms with Gasteiger partial charge in [-0.2, -0.15) is 0 Å². The van der Waals surface area contributed by atoms with Crippen LogP contribution in [0.4, 0.5) is 5.82 Å². The fraction of sp³-hybridized carbons (Fsp3) is 0.222. The van der Waals surface area contributed by atoms with Crippen molar-refractivity contribution in [3.63, 3.8) is 0 Å². The van der Waals surface area contributed by atoms with E-state index < -0.39 is 0 Å². The van der Waals surface area contributed by atoms with E-state index in [2.05, 4.69) is 26.2 Å². The van der Waals surface area contributed by atoms with Crippen LogP contribution in [-0.2, 0) is 7.05 Å². The first kappa shape index (κ1) is 8.51. The van der Waals surface area contributed by atoms with Crippen LogP contribution >= 0.6 is 0 Å². The molecule has 0 spiro atoms. The Hall–Kier alpha value is -2.09. The highest BCUT2D eigenvalue weighted by Gasteiger charge is 2.06. The highest BCUT2D eigenvalue weighted by molar-refractivity contribution is 5.82. The zero-order chi connectivity index (χ0) is 9.97. The first-order valence-corrected chi connectivity index (χ1v) is 4.12. The normalized spacial score (nSPS) is 10.0. The zero-order valence-electron chi connectivity index (χ0n) is 7.73. The molecule has 5 nitrogen and oxygen atoms in total. The van der Waals surface area contributed by atoms with Crippen molar-refractivity contribution in [3.05, 3.63) is 12.7 Å². The van der Waals surface area contributed by atoms with Crippen LogP contribution in [0.1, 0.15) is 0 Å². The number of aryl methyl sites for hydroxylation is 1. The van der Waals surface area contributed by atoms with E-state index in [9.17, 15) is 0 Å². The van der Waals surface area contributed by atoms with Crippen LogP contribution in [0.15, 0.2) is 12.7 Å². The van der Waals surface area contributed by atoms with Gasteiger partial charge in [-0.15, -0.1) is 6.42 Å². The SMILES string of the molecule is C#CCNc1ncnc2c1ncn2C. The summed E-state index contributed by atoms with van der Waals surface area (Å²) in [6.07, 6.45) is 8.33. The molecule has 0 saturated heterocycles. The second-order valence-electron chi connectivity index (χ2n) is 2.81. The summed E-state index contributed by atoms with van der Waals surface area (Å²) in [4.78, 5) is 12.3. The largest absolute Gasteiger partial charge is 0.357 e. The zero-order valence-corrected chi connectivity index (χ0v) is 7.73. The van der Waals surface area contributed by atoms with Crippen molar-refractivity contribution in [2.75, 3.05) is 11.9 Å². The lowest BCUT2D eigenvalue weighted by Gasteiger charge is -2.00. The van der Waals surface area contributed by atoms with Crippen molar-refractivity contribution in [1.82, 2.24) is 19.5 Å². The van der Waals surface area contributed by atoms with Crippen molar-refractivity contribution in [2.45, 2.75) is 0 Å². The van der Waals surface area contributed by atoms with Gasteiger partial charge in [0, 0.05) is 7.05 Å². The Kier molecular flexibility index (Phi) is 2.03. The molecule has 0 unspecified atom stereocenters. The standard InChI is InChI=1S/C9H9N5/c1-3-4-10-8-7-9(12-5-11-8)14(2)6-13-7/h1,5-6H,4H2,2H3,(H,10,11,12). The van der Waals surface area contributed by atoms with E-state index in [0.717, 1.165) is 11.2 Å². The number of terminal acetylenes is 1. The lowest BCUT2D eigenvalue weighted by molar-refractivity contribution is 0.928. The molecule has 5 heteroatoms. The van der Waals surface area contributed by atoms with Gasteiger partial charge in [-0.1, -0.05) is 5.92 Å². The molecule has 0 aliphatic heterocycles. The van der Waals surface area contributed by atoms with Gasteiger partial charge in [-0.25, -0.2) is 15.0 Å². The molecule has 2 aromatic heterocycles. The number of nitrogens with one attached hydrogen (secondary N) is 1. The minimum absolute atomic E-state index is 0.433. The smallest absolute Gasteiger partial charge is 0.165 e. The molecule has 0 radical (unpaired) electrons. The average Bonchev–Trinajstić information content (AvgIpc) is 2.58. The van der Waals surface area contributed by atoms with Crippen molar-refractivity contribution in [2.24, 2.45) is 7.05 Å². The van der Waals surface area contributed by atoms with Gasteiger partial charge in [0.25, 0.3) is 0 Å². The summed E-state index contributed by atoms with van der Waals surface area (Å²) in [6.45, 7) is 0.433. The third kappa shape index (κ3) is 1.27. The maximum atomic E-state index is 5.14. The fourth-order valence-corrected chi connectivity index (χ4v) is 1.21. The topological polar surface area (TPSA) is 55.6 Å². The quantitative estimate of drug-likeness (QED) is 0.692. The van der Waals surface area contributed by atoms with Crippen molar-refractivity contribution in [3.8, 4) is 12.3 Å². The monoisotopic (exact) mass is 187 g/mol. The van der Waals surface area contributed by atoms with Gasteiger partial charge in [0.05, 0.1) is 12.9 Å². The second kappa shape index (κ2) is 3.34. The Balaban J connectivity index is 2.50. The van der Waals surface area contributed by atoms with Gasteiger partial charge in [-0.05, 0) is 0 Å². The lowest BCUT2D eigenvalue weighted by Crippen LogP contribution is -2.02. The van der Waals surface area contributed by atoms with Crippen molar-refractivity contribution < 1.29 is 0 Å². The summed E-state index contributed by atoms with van der Waals surface area (Å²) in [7, 11) is 1.88. The van der Waals surface area contributed by atoms with Crippen LogP contribution in [0.5, 0.6) is 0 Å². The summed E-state index contributed by atoms with van der Waals surface area (Å²) in [5.41, 5.74) is 1.53. The van der Waals surface area contributed by atoms with Gasteiger partial charge < -0.3 is 9.88 Å². The van der Waals surface area contributed by atoms with Gasteiger partial charge in [0.2, 0.25) is 0 Å². The van der Waals surface area contributed by atoms with E-state index in [0.29, 0.717) is 12.4 Å². The number of hydrogen-bond donors (Lipinski definition) is 1. The summed E-state index contributed by atoms with van der Waals surface area (Å²) in [6, 6.07) is 0. The molecule has 0 aromatic carbocycles. The minimum atomic E-state index is 0.433. The van der Waals surface area contributed by atoms with Crippen molar-refractivity contribution >= 4 is 17.0 Å². The van der Waals surface area contributed by atoms with Gasteiger partial charge in [0.1, 0.15) is 11.8 Å². The summed E-state index contributed by atoms with van der Waals surface area (Å²) < 4.78 is 1.83. The van der Waals surface area contributed by atoms with Crippen molar-refractivity contribution in [1.29, 1.82) is 0 Å². The molecule has 1 N–H and O–H groups in total. The number of fused-ring (bicyclic) bond motifs is 1. The third-order valence-electron chi connectivity index (χ3n) is 1.85. The van der Waals surface area contributed by atoms with Crippen LogP contribution in [-0.4, -0.2) is 26.1 Å². The molecule has 0 aliphatic carbocycles. The van der Waals surface area contributed by atoms with E-state index >= 15 is 0 Å². The molecule has 2 aromatic rings. The molecule has 70 valence electrons. The number of rotatable bonds is 2. The Morgan fingerprint density at radius 3 is 3.14 bits per heavy atom. The maximum Gasteiger partial charge on any atom is 0.165 e. The first-order valence-electron chi connectivity index (χ1n) is 4.12. The molecule has 0 aliphatic rings. The predicted octanol–water partition coefficient (Wildman–Crippen LogP) is 0.408. The van der Waals surface area contributed by atoms with Gasteiger partial charge >= 0.3 is 0 Å². The van der Waals surface area contributed by atoms with E-state index in [1.165, 1.54) is 6.33 Å².